The Labute approximate surface area is 63.3 Å². The largest absolute Gasteiger partial charge is 0.295 e. The molecule has 0 radical (unpaired) electrons. The van der Waals surface area contributed by atoms with E-state index in [9.17, 15) is 4.79 Å². The Bertz CT molecular complexity index is 140. The van der Waals surface area contributed by atoms with Crippen LogP contribution in [-0.4, -0.2) is 10.6 Å². The highest BCUT2D eigenvalue weighted by Crippen LogP contribution is 2.14. The molecule has 0 spiro atoms. The van der Waals surface area contributed by atoms with Crippen LogP contribution in [0.4, 0.5) is 0 Å². The Morgan fingerprint density at radius 2 is 2.44 bits per heavy atom. The number of hydrogen-bond donors (Lipinski definition) is 0. The highest BCUT2D eigenvalue weighted by Gasteiger charge is 2.06. The molecule has 0 heterocycles. The molecule has 1 nitrogen and oxygen atoms in total. The average molecular weight is 189 g/mol. The molecule has 0 fully saturated rings. The molecule has 0 aromatic carbocycles. The van der Waals surface area contributed by atoms with Gasteiger partial charge in [0.05, 0.1) is 0 Å². The molecule has 0 aromatic rings. The van der Waals surface area contributed by atoms with Crippen molar-refractivity contribution in [3.8, 4) is 0 Å². The number of hydrogen-bond acceptors (Lipinski definition) is 1. The molecule has 0 saturated carbocycles. The average Bonchev–Trinajstić information content (AvgIpc) is 1.97. The zero-order valence-corrected chi connectivity index (χ0v) is 6.73. The van der Waals surface area contributed by atoms with E-state index in [1.165, 1.54) is 0 Å². The fourth-order valence-electron chi connectivity index (χ4n) is 0.863. The van der Waals surface area contributed by atoms with Gasteiger partial charge in [-0.1, -0.05) is 22.0 Å². The quantitative estimate of drug-likeness (QED) is 0.533. The summed E-state index contributed by atoms with van der Waals surface area (Å²) in [6, 6.07) is 0. The lowest BCUT2D eigenvalue weighted by Crippen LogP contribution is -1.89. The van der Waals surface area contributed by atoms with Crippen molar-refractivity contribution in [2.24, 2.45) is 0 Å². The van der Waals surface area contributed by atoms with Crippen LogP contribution in [0.25, 0.3) is 0 Å². The monoisotopic (exact) mass is 188 g/mol. The number of rotatable bonds is 0. The van der Waals surface area contributed by atoms with Crippen LogP contribution in [0, 0.1) is 0 Å². The van der Waals surface area contributed by atoms with Gasteiger partial charge in [-0.3, -0.25) is 4.79 Å². The lowest BCUT2D eigenvalue weighted by molar-refractivity contribution is -0.114. The van der Waals surface area contributed by atoms with Gasteiger partial charge in [-0.15, -0.1) is 0 Å². The van der Waals surface area contributed by atoms with Crippen molar-refractivity contribution < 1.29 is 4.79 Å². The number of allylic oxidation sites excluding steroid dienone is 2. The Balaban J connectivity index is 2.52. The topological polar surface area (TPSA) is 17.1 Å². The highest BCUT2D eigenvalue weighted by molar-refractivity contribution is 9.09. The lowest BCUT2D eigenvalue weighted by atomic mass is 10.2. The summed E-state index contributed by atoms with van der Waals surface area (Å²) in [5.74, 6) is 0.261. The second-order valence-corrected chi connectivity index (χ2v) is 3.41. The molecule has 0 amide bonds. The molecule has 1 aliphatic carbocycles. The minimum Gasteiger partial charge on any atom is -0.295 e. The van der Waals surface area contributed by atoms with Crippen LogP contribution >= 0.6 is 15.9 Å². The summed E-state index contributed by atoms with van der Waals surface area (Å²) in [6.45, 7) is 0. The summed E-state index contributed by atoms with van der Waals surface area (Å²) in [7, 11) is 0. The third-order valence-corrected chi connectivity index (χ3v) is 2.16. The molecule has 1 rings (SSSR count). The van der Waals surface area contributed by atoms with Crippen LogP contribution in [-0.2, 0) is 4.79 Å². The molecule has 0 bridgehead atoms. The van der Waals surface area contributed by atoms with Crippen molar-refractivity contribution in [3.63, 3.8) is 0 Å². The predicted molar refractivity (Wildman–Crippen MR) is 40.7 cm³/mol. The van der Waals surface area contributed by atoms with Gasteiger partial charge in [-0.25, -0.2) is 0 Å². The van der Waals surface area contributed by atoms with Crippen LogP contribution in [0.2, 0.25) is 0 Å². The van der Waals surface area contributed by atoms with E-state index < -0.39 is 0 Å². The maximum Gasteiger partial charge on any atom is 0.155 e. The minimum absolute atomic E-state index is 0.261. The smallest absolute Gasteiger partial charge is 0.155 e. The fraction of sp³-hybridized carbons (Fsp3) is 0.571. The second-order valence-electron chi connectivity index (χ2n) is 2.23. The first kappa shape index (κ1) is 7.00. The van der Waals surface area contributed by atoms with E-state index in [0.717, 1.165) is 19.3 Å². The second kappa shape index (κ2) is 3.16. The van der Waals surface area contributed by atoms with Crippen molar-refractivity contribution >= 4 is 21.7 Å². The molecule has 50 valence electrons. The standard InChI is InChI=1S/C7H9BrO/c8-6-2-1-3-7(9)5-4-6/h4-6H,1-3H2/t6-/m0/s1. The minimum atomic E-state index is 0.261. The molecule has 0 unspecified atom stereocenters. The summed E-state index contributed by atoms with van der Waals surface area (Å²) < 4.78 is 0. The molecule has 1 aliphatic rings. The van der Waals surface area contributed by atoms with Crippen LogP contribution in [0.5, 0.6) is 0 Å². The van der Waals surface area contributed by atoms with Gasteiger partial charge in [0.15, 0.2) is 5.78 Å². The Morgan fingerprint density at radius 1 is 1.67 bits per heavy atom. The molecule has 0 aromatic heterocycles. The summed E-state index contributed by atoms with van der Waals surface area (Å²) in [5, 5.41) is 0. The number of carbonyl (C=O) groups is 1. The maximum atomic E-state index is 10.7. The normalized spacial score (nSPS) is 28.1. The van der Waals surface area contributed by atoms with Gasteiger partial charge in [-0.05, 0) is 18.9 Å². The van der Waals surface area contributed by atoms with Crippen LogP contribution in [0.1, 0.15) is 19.3 Å². The molecule has 0 aliphatic heterocycles. The van der Waals surface area contributed by atoms with Crippen molar-refractivity contribution in [1.82, 2.24) is 0 Å². The van der Waals surface area contributed by atoms with Crippen molar-refractivity contribution in [3.05, 3.63) is 12.2 Å². The summed E-state index contributed by atoms with van der Waals surface area (Å²) in [4.78, 5) is 11.1. The van der Waals surface area contributed by atoms with Gasteiger partial charge in [0.2, 0.25) is 0 Å². The van der Waals surface area contributed by atoms with E-state index >= 15 is 0 Å². The first-order valence-electron chi connectivity index (χ1n) is 3.14. The van der Waals surface area contributed by atoms with Crippen LogP contribution < -0.4 is 0 Å². The predicted octanol–water partition coefficient (Wildman–Crippen LogP) is 2.06. The van der Waals surface area contributed by atoms with E-state index in [4.69, 9.17) is 0 Å². The molecule has 9 heavy (non-hydrogen) atoms. The van der Waals surface area contributed by atoms with Crippen LogP contribution in [0.3, 0.4) is 0 Å². The zero-order chi connectivity index (χ0) is 6.69. The third kappa shape index (κ3) is 2.31. The zero-order valence-electron chi connectivity index (χ0n) is 5.14. The van der Waals surface area contributed by atoms with Gasteiger partial charge in [0.25, 0.3) is 0 Å². The molecule has 2 heteroatoms. The molecule has 0 saturated heterocycles. The van der Waals surface area contributed by atoms with Crippen molar-refractivity contribution in [2.75, 3.05) is 0 Å². The fourth-order valence-corrected chi connectivity index (χ4v) is 1.34. The summed E-state index contributed by atoms with van der Waals surface area (Å²) >= 11 is 3.43. The van der Waals surface area contributed by atoms with E-state index in [0.29, 0.717) is 4.83 Å². The molecule has 1 atom stereocenters. The lowest BCUT2D eigenvalue weighted by Gasteiger charge is -1.96. The van der Waals surface area contributed by atoms with Crippen LogP contribution in [0.15, 0.2) is 12.2 Å². The Hall–Kier alpha value is -0.110. The number of ketones is 1. The van der Waals surface area contributed by atoms with E-state index in [2.05, 4.69) is 15.9 Å². The van der Waals surface area contributed by atoms with E-state index in [-0.39, 0.29) is 5.78 Å². The third-order valence-electron chi connectivity index (χ3n) is 1.39. The van der Waals surface area contributed by atoms with Crippen molar-refractivity contribution in [1.29, 1.82) is 0 Å². The van der Waals surface area contributed by atoms with Gasteiger partial charge in [0.1, 0.15) is 0 Å². The first-order chi connectivity index (χ1) is 4.29. The van der Waals surface area contributed by atoms with Crippen molar-refractivity contribution in [2.45, 2.75) is 24.1 Å². The van der Waals surface area contributed by atoms with Gasteiger partial charge < -0.3 is 0 Å². The molecular formula is C7H9BrO. The Morgan fingerprint density at radius 3 is 3.22 bits per heavy atom. The summed E-state index contributed by atoms with van der Waals surface area (Å²) in [5.41, 5.74) is 0. The summed E-state index contributed by atoms with van der Waals surface area (Å²) in [6.07, 6.45) is 6.42. The van der Waals surface area contributed by atoms with Gasteiger partial charge in [-0.2, -0.15) is 0 Å². The van der Waals surface area contributed by atoms with Gasteiger partial charge in [0, 0.05) is 11.2 Å². The number of carbonyl (C=O) groups excluding carboxylic acids is 1. The van der Waals surface area contributed by atoms with Gasteiger partial charge >= 0.3 is 0 Å². The Kier molecular flexibility index (Phi) is 2.46. The number of halogens is 1. The van der Waals surface area contributed by atoms with E-state index in [1.54, 1.807) is 6.08 Å². The number of alkyl halides is 1. The maximum absolute atomic E-state index is 10.7. The highest BCUT2D eigenvalue weighted by atomic mass is 79.9. The molecular weight excluding hydrogens is 180 g/mol. The van der Waals surface area contributed by atoms with E-state index in [1.807, 2.05) is 6.08 Å². The SMILES string of the molecule is O=C1C=C[C@@H](Br)CCC1. The first-order valence-corrected chi connectivity index (χ1v) is 4.06. The molecule has 0 N–H and O–H groups in total.